The van der Waals surface area contributed by atoms with Crippen LogP contribution < -0.4 is 4.74 Å². The molecular formula is C17H18F3N3O4. The third-order valence-electron chi connectivity index (χ3n) is 4.08. The summed E-state index contributed by atoms with van der Waals surface area (Å²) in [5.41, 5.74) is 0.519. The van der Waals surface area contributed by atoms with E-state index in [0.29, 0.717) is 18.5 Å². The molecule has 2 heterocycles. The minimum absolute atomic E-state index is 0.0835. The summed E-state index contributed by atoms with van der Waals surface area (Å²) in [6, 6.07) is 5.51. The zero-order valence-corrected chi connectivity index (χ0v) is 14.3. The molecule has 1 atom stereocenters. The fourth-order valence-corrected chi connectivity index (χ4v) is 2.87. The quantitative estimate of drug-likeness (QED) is 0.851. The Bertz CT molecular complexity index is 794. The van der Waals surface area contributed by atoms with E-state index >= 15 is 0 Å². The molecule has 1 aliphatic heterocycles. The van der Waals surface area contributed by atoms with Crippen LogP contribution in [0.25, 0.3) is 0 Å². The summed E-state index contributed by atoms with van der Waals surface area (Å²) >= 11 is 0. The number of benzene rings is 1. The Hall–Kier alpha value is -2.62. The molecule has 1 saturated heterocycles. The first kappa shape index (κ1) is 19.2. The second kappa shape index (κ2) is 7.95. The summed E-state index contributed by atoms with van der Waals surface area (Å²) in [6.07, 6.45) is -3.67. The van der Waals surface area contributed by atoms with E-state index < -0.39 is 12.5 Å². The van der Waals surface area contributed by atoms with Crippen molar-refractivity contribution in [1.82, 2.24) is 15.0 Å². The van der Waals surface area contributed by atoms with Gasteiger partial charge in [0.15, 0.2) is 5.82 Å². The van der Waals surface area contributed by atoms with E-state index in [2.05, 4.69) is 14.9 Å². The predicted molar refractivity (Wildman–Crippen MR) is 85.5 cm³/mol. The van der Waals surface area contributed by atoms with Gasteiger partial charge in [0.05, 0.1) is 0 Å². The Balaban J connectivity index is 1.64. The fourth-order valence-electron chi connectivity index (χ4n) is 2.87. The van der Waals surface area contributed by atoms with Crippen molar-refractivity contribution in [2.45, 2.75) is 44.7 Å². The molecule has 0 bridgehead atoms. The first-order valence-electron chi connectivity index (χ1n) is 8.43. The first-order valence-corrected chi connectivity index (χ1v) is 8.43. The van der Waals surface area contributed by atoms with Crippen LogP contribution in [0.2, 0.25) is 0 Å². The average molecular weight is 385 g/mol. The first-order chi connectivity index (χ1) is 12.8. The lowest BCUT2D eigenvalue weighted by molar-refractivity contribution is -0.274. The molecule has 1 aliphatic rings. The van der Waals surface area contributed by atoms with Crippen LogP contribution in [0.15, 0.2) is 28.8 Å². The van der Waals surface area contributed by atoms with Crippen molar-refractivity contribution in [2.75, 3.05) is 6.54 Å². The molecular weight excluding hydrogens is 367 g/mol. The molecule has 7 nitrogen and oxygen atoms in total. The van der Waals surface area contributed by atoms with Crippen molar-refractivity contribution in [3.8, 4) is 5.75 Å². The lowest BCUT2D eigenvalue weighted by Gasteiger charge is -2.19. The summed E-state index contributed by atoms with van der Waals surface area (Å²) in [5, 5.41) is 13.6. The van der Waals surface area contributed by atoms with Gasteiger partial charge in [0.2, 0.25) is 5.89 Å². The van der Waals surface area contributed by atoms with Gasteiger partial charge in [-0.25, -0.2) is 0 Å². The molecule has 0 spiro atoms. The third-order valence-corrected chi connectivity index (χ3v) is 4.08. The van der Waals surface area contributed by atoms with Gasteiger partial charge in [0.25, 0.3) is 5.91 Å². The number of rotatable bonds is 5. The Morgan fingerprint density at radius 3 is 2.93 bits per heavy atom. The molecule has 1 unspecified atom stereocenters. The number of aliphatic hydroxyl groups is 1. The highest BCUT2D eigenvalue weighted by atomic mass is 19.4. The van der Waals surface area contributed by atoms with Gasteiger partial charge >= 0.3 is 6.36 Å². The van der Waals surface area contributed by atoms with Crippen molar-refractivity contribution in [3.05, 3.63) is 41.5 Å². The van der Waals surface area contributed by atoms with E-state index in [4.69, 9.17) is 4.52 Å². The normalized spacial score (nSPS) is 18.4. The highest BCUT2D eigenvalue weighted by molar-refractivity contribution is 5.80. The molecule has 0 saturated carbocycles. The lowest BCUT2D eigenvalue weighted by Crippen LogP contribution is -2.37. The van der Waals surface area contributed by atoms with Crippen molar-refractivity contribution < 1.29 is 32.3 Å². The number of nitrogens with zero attached hydrogens (tertiary/aromatic N) is 3. The standard InChI is InChI=1S/C17H18F3N3O4/c18-17(19,20)26-12-5-3-4-11(8-12)9-14-21-15(27-22-14)10-23-7-2-1-6-13(24)16(23)25/h3-5,8,13,24H,1-2,6-7,9-10H2. The van der Waals surface area contributed by atoms with Crippen molar-refractivity contribution in [3.63, 3.8) is 0 Å². The number of likely N-dealkylation sites (tertiary alicyclic amines) is 1. The molecule has 1 aromatic carbocycles. The van der Waals surface area contributed by atoms with Gasteiger partial charge in [-0.05, 0) is 37.0 Å². The summed E-state index contributed by atoms with van der Waals surface area (Å²) in [7, 11) is 0. The van der Waals surface area contributed by atoms with Gasteiger partial charge in [0.1, 0.15) is 18.4 Å². The topological polar surface area (TPSA) is 88.7 Å². The maximum atomic E-state index is 12.3. The zero-order chi connectivity index (χ0) is 19.4. The highest BCUT2D eigenvalue weighted by Gasteiger charge is 2.31. The second-order valence-corrected chi connectivity index (χ2v) is 6.25. The molecule has 146 valence electrons. The van der Waals surface area contributed by atoms with E-state index in [1.165, 1.54) is 23.1 Å². The lowest BCUT2D eigenvalue weighted by atomic mass is 10.1. The number of aliphatic hydroxyl groups excluding tert-OH is 1. The van der Waals surface area contributed by atoms with E-state index in [9.17, 15) is 23.1 Å². The Morgan fingerprint density at radius 2 is 2.15 bits per heavy atom. The Kier molecular flexibility index (Phi) is 5.64. The molecule has 0 aliphatic carbocycles. The van der Waals surface area contributed by atoms with Gasteiger partial charge in [-0.3, -0.25) is 4.79 Å². The van der Waals surface area contributed by atoms with Crippen LogP contribution in [-0.4, -0.2) is 45.1 Å². The molecule has 0 radical (unpaired) electrons. The zero-order valence-electron chi connectivity index (χ0n) is 14.3. The van der Waals surface area contributed by atoms with E-state index in [0.717, 1.165) is 12.8 Å². The van der Waals surface area contributed by atoms with Crippen LogP contribution in [0, 0.1) is 0 Å². The number of ether oxygens (including phenoxy) is 1. The highest BCUT2D eigenvalue weighted by Crippen LogP contribution is 2.24. The summed E-state index contributed by atoms with van der Waals surface area (Å²) in [4.78, 5) is 17.7. The van der Waals surface area contributed by atoms with Crippen LogP contribution in [0.4, 0.5) is 13.2 Å². The largest absolute Gasteiger partial charge is 0.573 e. The van der Waals surface area contributed by atoms with Crippen molar-refractivity contribution >= 4 is 5.91 Å². The second-order valence-electron chi connectivity index (χ2n) is 6.25. The average Bonchev–Trinajstić information content (AvgIpc) is 2.95. The smallest absolute Gasteiger partial charge is 0.406 e. The number of hydrogen-bond donors (Lipinski definition) is 1. The molecule has 1 amide bonds. The maximum Gasteiger partial charge on any atom is 0.573 e. The summed E-state index contributed by atoms with van der Waals surface area (Å²) in [5.74, 6) is -0.218. The minimum Gasteiger partial charge on any atom is -0.406 e. The minimum atomic E-state index is -4.76. The molecule has 2 aromatic rings. The van der Waals surface area contributed by atoms with Crippen LogP contribution in [0.5, 0.6) is 5.75 Å². The number of hydrogen-bond acceptors (Lipinski definition) is 6. The molecule has 1 aromatic heterocycles. The van der Waals surface area contributed by atoms with Gasteiger partial charge in [-0.1, -0.05) is 17.3 Å². The number of aromatic nitrogens is 2. The third kappa shape index (κ3) is 5.43. The maximum absolute atomic E-state index is 12.3. The number of carbonyl (C=O) groups excluding carboxylic acids is 1. The Labute approximate surface area is 152 Å². The van der Waals surface area contributed by atoms with Crippen molar-refractivity contribution in [1.29, 1.82) is 0 Å². The molecule has 10 heteroatoms. The molecule has 3 rings (SSSR count). The molecule has 27 heavy (non-hydrogen) atoms. The fraction of sp³-hybridized carbons (Fsp3) is 0.471. The van der Waals surface area contributed by atoms with Crippen LogP contribution >= 0.6 is 0 Å². The van der Waals surface area contributed by atoms with E-state index in [1.54, 1.807) is 6.07 Å². The summed E-state index contributed by atoms with van der Waals surface area (Å²) < 4.78 is 45.9. The van der Waals surface area contributed by atoms with Gasteiger partial charge in [-0.15, -0.1) is 13.2 Å². The monoisotopic (exact) mass is 385 g/mol. The number of alkyl halides is 3. The van der Waals surface area contributed by atoms with E-state index in [1.807, 2.05) is 0 Å². The Morgan fingerprint density at radius 1 is 1.33 bits per heavy atom. The number of amides is 1. The van der Waals surface area contributed by atoms with Gasteiger partial charge < -0.3 is 19.3 Å². The van der Waals surface area contributed by atoms with Crippen LogP contribution in [-0.2, 0) is 17.8 Å². The van der Waals surface area contributed by atoms with Crippen LogP contribution in [0.1, 0.15) is 36.5 Å². The number of halogens is 3. The van der Waals surface area contributed by atoms with E-state index in [-0.39, 0.29) is 36.3 Å². The predicted octanol–water partition coefficient (Wildman–Crippen LogP) is 2.43. The van der Waals surface area contributed by atoms with Crippen molar-refractivity contribution in [2.24, 2.45) is 0 Å². The molecule has 1 N–H and O–H groups in total. The van der Waals surface area contributed by atoms with Gasteiger partial charge in [0, 0.05) is 13.0 Å². The van der Waals surface area contributed by atoms with Crippen LogP contribution in [0.3, 0.4) is 0 Å². The SMILES string of the molecule is O=C1C(O)CCCCN1Cc1nc(Cc2cccc(OC(F)(F)F)c2)no1. The molecule has 1 fully saturated rings. The van der Waals surface area contributed by atoms with Gasteiger partial charge in [-0.2, -0.15) is 4.98 Å². The number of carbonyl (C=O) groups is 1. The summed E-state index contributed by atoms with van der Waals surface area (Å²) in [6.45, 7) is 0.574.